The van der Waals surface area contributed by atoms with Crippen LogP contribution in [-0.4, -0.2) is 33.4 Å². The van der Waals surface area contributed by atoms with Gasteiger partial charge in [-0.2, -0.15) is 5.10 Å². The van der Waals surface area contributed by atoms with Gasteiger partial charge in [0.05, 0.1) is 18.3 Å². The topological polar surface area (TPSA) is 78.0 Å². The number of hydrogen-bond acceptors (Lipinski definition) is 3. The number of nitrogens with one attached hydrogen (secondary N) is 2. The van der Waals surface area contributed by atoms with Crippen LogP contribution in [0.15, 0.2) is 6.20 Å². The fraction of sp³-hybridized carbons (Fsp3) is 0.714. The zero-order valence-electron chi connectivity index (χ0n) is 11.1. The third-order valence-corrected chi connectivity index (χ3v) is 4.45. The highest BCUT2D eigenvalue weighted by Gasteiger charge is 2.30. The van der Waals surface area contributed by atoms with Crippen LogP contribution in [0, 0.1) is 5.92 Å². The maximum atomic E-state index is 12.3. The minimum absolute atomic E-state index is 0.0158. The fourth-order valence-electron chi connectivity index (χ4n) is 3.21. The zero-order valence-corrected chi connectivity index (χ0v) is 11.1. The van der Waals surface area contributed by atoms with Crippen molar-refractivity contribution in [2.24, 2.45) is 5.92 Å². The molecule has 5 heteroatoms. The van der Waals surface area contributed by atoms with Gasteiger partial charge in [0.15, 0.2) is 0 Å². The first kappa shape index (κ1) is 12.7. The van der Waals surface area contributed by atoms with Crippen molar-refractivity contribution in [3.63, 3.8) is 0 Å². The van der Waals surface area contributed by atoms with Crippen LogP contribution in [0.4, 0.5) is 0 Å². The zero-order chi connectivity index (χ0) is 13.2. The van der Waals surface area contributed by atoms with Crippen molar-refractivity contribution >= 4 is 5.91 Å². The number of carbonyl (C=O) groups is 1. The lowest BCUT2D eigenvalue weighted by Crippen LogP contribution is -2.47. The first-order chi connectivity index (χ1) is 9.24. The molecule has 0 saturated heterocycles. The van der Waals surface area contributed by atoms with Crippen molar-refractivity contribution in [3.8, 4) is 0 Å². The Labute approximate surface area is 112 Å². The van der Waals surface area contributed by atoms with Crippen LogP contribution in [0.25, 0.3) is 0 Å². The van der Waals surface area contributed by atoms with Gasteiger partial charge in [0.2, 0.25) is 5.91 Å². The quantitative estimate of drug-likeness (QED) is 0.743. The lowest BCUT2D eigenvalue weighted by Gasteiger charge is -2.30. The molecule has 2 aliphatic carbocycles. The van der Waals surface area contributed by atoms with E-state index in [1.807, 2.05) is 6.20 Å². The smallest absolute Gasteiger partial charge is 0.223 e. The predicted molar refractivity (Wildman–Crippen MR) is 70.5 cm³/mol. The standard InChI is InChI=1S/C14H21N3O2/c18-13-4-2-1-3-11(13)16-14(19)9-5-6-10-8-15-17-12(10)7-9/h8-9,11,13,18H,1-7H2,(H,15,17)(H,16,19). The Balaban J connectivity index is 1.59. The van der Waals surface area contributed by atoms with E-state index in [0.717, 1.165) is 50.6 Å². The summed E-state index contributed by atoms with van der Waals surface area (Å²) in [5, 5.41) is 20.0. The van der Waals surface area contributed by atoms with E-state index >= 15 is 0 Å². The molecule has 2 aliphatic rings. The van der Waals surface area contributed by atoms with E-state index in [-0.39, 0.29) is 24.0 Å². The number of aliphatic hydroxyl groups is 1. The lowest BCUT2D eigenvalue weighted by molar-refractivity contribution is -0.127. The second kappa shape index (κ2) is 5.33. The summed E-state index contributed by atoms with van der Waals surface area (Å²) in [5.74, 6) is 0.105. The number of amides is 1. The van der Waals surface area contributed by atoms with E-state index in [9.17, 15) is 9.90 Å². The second-order valence-electron chi connectivity index (χ2n) is 5.78. The minimum atomic E-state index is -0.371. The van der Waals surface area contributed by atoms with Crippen LogP contribution in [-0.2, 0) is 17.6 Å². The molecule has 3 rings (SSSR count). The van der Waals surface area contributed by atoms with Gasteiger partial charge in [0.25, 0.3) is 0 Å². The Morgan fingerprint density at radius 3 is 3.05 bits per heavy atom. The predicted octanol–water partition coefficient (Wildman–Crippen LogP) is 0.934. The molecule has 5 nitrogen and oxygen atoms in total. The molecule has 0 aliphatic heterocycles. The average Bonchev–Trinajstić information content (AvgIpc) is 2.88. The van der Waals surface area contributed by atoms with Gasteiger partial charge in [0, 0.05) is 18.0 Å². The number of aromatic amines is 1. The maximum Gasteiger partial charge on any atom is 0.223 e. The van der Waals surface area contributed by atoms with E-state index in [2.05, 4.69) is 15.5 Å². The molecule has 1 aromatic heterocycles. The monoisotopic (exact) mass is 263 g/mol. The number of aliphatic hydroxyl groups excluding tert-OH is 1. The molecule has 0 bridgehead atoms. The van der Waals surface area contributed by atoms with Gasteiger partial charge < -0.3 is 10.4 Å². The Kier molecular flexibility index (Phi) is 3.55. The molecule has 1 heterocycles. The fourth-order valence-corrected chi connectivity index (χ4v) is 3.21. The van der Waals surface area contributed by atoms with Crippen LogP contribution in [0.2, 0.25) is 0 Å². The Bertz CT molecular complexity index is 457. The van der Waals surface area contributed by atoms with Gasteiger partial charge >= 0.3 is 0 Å². The Hall–Kier alpha value is -1.36. The van der Waals surface area contributed by atoms with Crippen LogP contribution >= 0.6 is 0 Å². The van der Waals surface area contributed by atoms with Gasteiger partial charge in [-0.25, -0.2) is 0 Å². The van der Waals surface area contributed by atoms with E-state index in [1.54, 1.807) is 0 Å². The molecule has 0 radical (unpaired) electrons. The summed E-state index contributed by atoms with van der Waals surface area (Å²) in [7, 11) is 0. The van der Waals surface area contributed by atoms with Crippen molar-refractivity contribution in [1.29, 1.82) is 0 Å². The van der Waals surface area contributed by atoms with Crippen LogP contribution < -0.4 is 5.32 Å². The van der Waals surface area contributed by atoms with Gasteiger partial charge in [-0.1, -0.05) is 12.8 Å². The van der Waals surface area contributed by atoms with Crippen molar-refractivity contribution < 1.29 is 9.90 Å². The van der Waals surface area contributed by atoms with E-state index < -0.39 is 0 Å². The largest absolute Gasteiger partial charge is 0.391 e. The summed E-state index contributed by atoms with van der Waals surface area (Å²) in [6.45, 7) is 0. The number of carbonyl (C=O) groups excluding carboxylic acids is 1. The lowest BCUT2D eigenvalue weighted by atomic mass is 9.86. The minimum Gasteiger partial charge on any atom is -0.391 e. The number of nitrogens with zero attached hydrogens (tertiary/aromatic N) is 1. The van der Waals surface area contributed by atoms with Crippen molar-refractivity contribution in [2.45, 2.75) is 57.1 Å². The third-order valence-electron chi connectivity index (χ3n) is 4.45. The van der Waals surface area contributed by atoms with Crippen molar-refractivity contribution in [1.82, 2.24) is 15.5 Å². The SMILES string of the molecule is O=C(NC1CCCCC1O)C1CCc2cn[nH]c2C1. The summed E-state index contributed by atoms with van der Waals surface area (Å²) in [5.41, 5.74) is 2.33. The first-order valence-corrected chi connectivity index (χ1v) is 7.23. The second-order valence-corrected chi connectivity index (χ2v) is 5.78. The highest BCUT2D eigenvalue weighted by Crippen LogP contribution is 2.25. The summed E-state index contributed by atoms with van der Waals surface area (Å²) in [4.78, 5) is 12.3. The molecule has 0 aromatic carbocycles. The summed E-state index contributed by atoms with van der Waals surface area (Å²) >= 11 is 0. The third kappa shape index (κ3) is 2.66. The molecule has 104 valence electrons. The number of aromatic nitrogens is 2. The normalized spacial score (nSPS) is 30.7. The van der Waals surface area contributed by atoms with Gasteiger partial charge in [-0.05, 0) is 31.2 Å². The van der Waals surface area contributed by atoms with Crippen molar-refractivity contribution in [2.75, 3.05) is 0 Å². The first-order valence-electron chi connectivity index (χ1n) is 7.23. The highest BCUT2D eigenvalue weighted by atomic mass is 16.3. The molecule has 19 heavy (non-hydrogen) atoms. The summed E-state index contributed by atoms with van der Waals surface area (Å²) in [6, 6.07) is -0.0515. The van der Waals surface area contributed by atoms with Crippen LogP contribution in [0.1, 0.15) is 43.4 Å². The molecule has 1 saturated carbocycles. The molecule has 1 aromatic rings. The van der Waals surface area contributed by atoms with E-state index in [4.69, 9.17) is 0 Å². The van der Waals surface area contributed by atoms with E-state index in [1.165, 1.54) is 5.56 Å². The molecule has 3 N–H and O–H groups in total. The maximum absolute atomic E-state index is 12.3. The number of fused-ring (bicyclic) bond motifs is 1. The molecule has 1 amide bonds. The van der Waals surface area contributed by atoms with Gasteiger partial charge in [-0.15, -0.1) is 0 Å². The number of hydrogen-bond donors (Lipinski definition) is 3. The molecule has 0 spiro atoms. The van der Waals surface area contributed by atoms with E-state index in [0.29, 0.717) is 0 Å². The summed E-state index contributed by atoms with van der Waals surface area (Å²) in [6.07, 6.45) is 7.88. The summed E-state index contributed by atoms with van der Waals surface area (Å²) < 4.78 is 0. The average molecular weight is 263 g/mol. The number of rotatable bonds is 2. The highest BCUT2D eigenvalue weighted by molar-refractivity contribution is 5.79. The molecule has 1 fully saturated rings. The van der Waals surface area contributed by atoms with Crippen LogP contribution in [0.5, 0.6) is 0 Å². The molecular weight excluding hydrogens is 242 g/mol. The van der Waals surface area contributed by atoms with Gasteiger partial charge in [-0.3, -0.25) is 9.89 Å². The number of H-pyrrole nitrogens is 1. The van der Waals surface area contributed by atoms with Crippen molar-refractivity contribution in [3.05, 3.63) is 17.5 Å². The molecule has 3 atom stereocenters. The molecule has 3 unspecified atom stereocenters. The van der Waals surface area contributed by atoms with Gasteiger partial charge in [0.1, 0.15) is 0 Å². The Morgan fingerprint density at radius 1 is 1.37 bits per heavy atom. The number of aryl methyl sites for hydroxylation is 1. The van der Waals surface area contributed by atoms with Crippen LogP contribution in [0.3, 0.4) is 0 Å². The molecular formula is C14H21N3O2. The Morgan fingerprint density at radius 2 is 2.21 bits per heavy atom.